The number of anilines is 1. The molecular formula is C13H22N4S. The molecule has 0 unspecified atom stereocenters. The second-order valence-electron chi connectivity index (χ2n) is 5.81. The van der Waals surface area contributed by atoms with Crippen LogP contribution in [0, 0.1) is 0 Å². The van der Waals surface area contributed by atoms with Crippen LogP contribution >= 0.6 is 11.5 Å². The first-order valence-electron chi connectivity index (χ1n) is 7.06. The van der Waals surface area contributed by atoms with Gasteiger partial charge in [-0.05, 0) is 32.2 Å². The summed E-state index contributed by atoms with van der Waals surface area (Å²) >= 11 is 1.51. The van der Waals surface area contributed by atoms with Crippen molar-refractivity contribution >= 4 is 16.7 Å². The Morgan fingerprint density at radius 2 is 2.22 bits per heavy atom. The van der Waals surface area contributed by atoms with Crippen molar-refractivity contribution in [1.82, 2.24) is 14.3 Å². The number of fused-ring (bicyclic) bond motifs is 1. The predicted octanol–water partition coefficient (Wildman–Crippen LogP) is 2.70. The Bertz CT molecular complexity index is 403. The molecule has 1 N–H and O–H groups in total. The third-order valence-corrected chi connectivity index (χ3v) is 4.77. The van der Waals surface area contributed by atoms with Gasteiger partial charge in [0.1, 0.15) is 5.82 Å². The summed E-state index contributed by atoms with van der Waals surface area (Å²) in [6, 6.07) is 1.41. The number of nitrogens with zero attached hydrogens (tertiary/aromatic N) is 3. The van der Waals surface area contributed by atoms with E-state index in [1.54, 1.807) is 0 Å². The van der Waals surface area contributed by atoms with Gasteiger partial charge in [0.15, 0.2) is 0 Å². The van der Waals surface area contributed by atoms with Gasteiger partial charge in [-0.25, -0.2) is 4.98 Å². The molecule has 4 nitrogen and oxygen atoms in total. The van der Waals surface area contributed by atoms with Gasteiger partial charge in [0.2, 0.25) is 5.13 Å². The van der Waals surface area contributed by atoms with Gasteiger partial charge in [0.25, 0.3) is 0 Å². The zero-order chi connectivity index (χ0) is 12.5. The predicted molar refractivity (Wildman–Crippen MR) is 75.2 cm³/mol. The Morgan fingerprint density at radius 1 is 1.33 bits per heavy atom. The van der Waals surface area contributed by atoms with E-state index in [2.05, 4.69) is 33.4 Å². The third-order valence-electron chi connectivity index (χ3n) is 4.11. The van der Waals surface area contributed by atoms with Crippen LogP contribution in [-0.4, -0.2) is 39.4 Å². The van der Waals surface area contributed by atoms with E-state index in [0.29, 0.717) is 12.0 Å². The Kier molecular flexibility index (Phi) is 3.52. The molecule has 5 heteroatoms. The Labute approximate surface area is 113 Å². The van der Waals surface area contributed by atoms with Crippen molar-refractivity contribution in [2.24, 2.45) is 0 Å². The molecule has 1 aromatic rings. The largest absolute Gasteiger partial charge is 0.357 e. The maximum Gasteiger partial charge on any atom is 0.202 e. The summed E-state index contributed by atoms with van der Waals surface area (Å²) in [4.78, 5) is 7.22. The third kappa shape index (κ3) is 2.52. The quantitative estimate of drug-likeness (QED) is 0.913. The fraction of sp³-hybridized carbons (Fsp3) is 0.846. The van der Waals surface area contributed by atoms with Crippen LogP contribution in [0.2, 0.25) is 0 Å². The molecule has 0 amide bonds. The summed E-state index contributed by atoms with van der Waals surface area (Å²) in [5, 5.41) is 4.60. The topological polar surface area (TPSA) is 41.1 Å². The zero-order valence-electron chi connectivity index (χ0n) is 11.2. The monoisotopic (exact) mass is 266 g/mol. The van der Waals surface area contributed by atoms with Crippen molar-refractivity contribution < 1.29 is 0 Å². The minimum absolute atomic E-state index is 0.425. The van der Waals surface area contributed by atoms with Gasteiger partial charge in [-0.2, -0.15) is 4.37 Å². The van der Waals surface area contributed by atoms with Crippen LogP contribution in [-0.2, 0) is 0 Å². The first-order valence-corrected chi connectivity index (χ1v) is 7.84. The van der Waals surface area contributed by atoms with E-state index in [9.17, 15) is 0 Å². The van der Waals surface area contributed by atoms with Gasteiger partial charge in [-0.3, -0.25) is 0 Å². The molecule has 1 aromatic heterocycles. The van der Waals surface area contributed by atoms with E-state index in [1.165, 1.54) is 50.3 Å². The van der Waals surface area contributed by atoms with Crippen LogP contribution in [0.25, 0.3) is 0 Å². The van der Waals surface area contributed by atoms with Crippen LogP contribution in [0.3, 0.4) is 0 Å². The highest BCUT2D eigenvalue weighted by Crippen LogP contribution is 2.29. The zero-order valence-corrected chi connectivity index (χ0v) is 12.0. The molecule has 2 saturated heterocycles. The molecule has 3 heterocycles. The standard InChI is InChI=1S/C13H22N4S/c1-9(2)12-15-13(18-16-12)14-10-5-7-17-6-3-4-11(17)8-10/h9-11H,3-8H2,1-2H3,(H,14,15,16)/t10-,11+/m0/s1. The summed E-state index contributed by atoms with van der Waals surface area (Å²) in [6.45, 7) is 6.84. The van der Waals surface area contributed by atoms with E-state index in [-0.39, 0.29) is 0 Å². The molecule has 3 rings (SSSR count). The van der Waals surface area contributed by atoms with Crippen LogP contribution in [0.4, 0.5) is 5.13 Å². The van der Waals surface area contributed by atoms with E-state index in [1.807, 2.05) is 0 Å². The first-order chi connectivity index (χ1) is 8.72. The summed E-state index contributed by atoms with van der Waals surface area (Å²) in [5.41, 5.74) is 0. The molecule has 0 saturated carbocycles. The molecule has 2 atom stereocenters. The van der Waals surface area contributed by atoms with Crippen LogP contribution in [0.15, 0.2) is 0 Å². The average Bonchev–Trinajstić information content (AvgIpc) is 2.96. The number of hydrogen-bond acceptors (Lipinski definition) is 5. The van der Waals surface area contributed by atoms with E-state index in [0.717, 1.165) is 17.0 Å². The molecule has 0 aliphatic carbocycles. The molecule has 2 aliphatic heterocycles. The molecule has 100 valence electrons. The molecule has 0 aromatic carbocycles. The second kappa shape index (κ2) is 5.13. The summed E-state index contributed by atoms with van der Waals surface area (Å²) < 4.78 is 4.41. The number of nitrogens with one attached hydrogen (secondary N) is 1. The first kappa shape index (κ1) is 12.4. The number of hydrogen-bond donors (Lipinski definition) is 1. The van der Waals surface area contributed by atoms with Crippen LogP contribution in [0.5, 0.6) is 0 Å². The molecular weight excluding hydrogens is 244 g/mol. The Balaban J connectivity index is 1.59. The smallest absolute Gasteiger partial charge is 0.202 e. The lowest BCUT2D eigenvalue weighted by Gasteiger charge is -2.34. The lowest BCUT2D eigenvalue weighted by molar-refractivity contribution is 0.188. The fourth-order valence-corrected chi connectivity index (χ4v) is 3.84. The summed E-state index contributed by atoms with van der Waals surface area (Å²) in [6.07, 6.45) is 5.28. The van der Waals surface area contributed by atoms with Gasteiger partial charge in [0, 0.05) is 36.1 Å². The minimum Gasteiger partial charge on any atom is -0.357 e. The Hall–Kier alpha value is -0.680. The van der Waals surface area contributed by atoms with Crippen molar-refractivity contribution in [3.63, 3.8) is 0 Å². The van der Waals surface area contributed by atoms with Gasteiger partial charge >= 0.3 is 0 Å². The van der Waals surface area contributed by atoms with E-state index >= 15 is 0 Å². The molecule has 2 fully saturated rings. The lowest BCUT2D eigenvalue weighted by atomic mass is 9.98. The van der Waals surface area contributed by atoms with Gasteiger partial charge in [-0.15, -0.1) is 0 Å². The SMILES string of the molecule is CC(C)c1nsc(N[C@H]2CCN3CCC[C@@H]3C2)n1. The molecule has 0 spiro atoms. The normalized spacial score (nSPS) is 28.6. The van der Waals surface area contributed by atoms with Crippen molar-refractivity contribution in [1.29, 1.82) is 0 Å². The number of rotatable bonds is 3. The highest BCUT2D eigenvalue weighted by molar-refractivity contribution is 7.09. The molecule has 18 heavy (non-hydrogen) atoms. The van der Waals surface area contributed by atoms with Crippen molar-refractivity contribution in [3.05, 3.63) is 5.82 Å². The lowest BCUT2D eigenvalue weighted by Crippen LogP contribution is -2.42. The highest BCUT2D eigenvalue weighted by Gasteiger charge is 2.31. The molecule has 0 bridgehead atoms. The van der Waals surface area contributed by atoms with Gasteiger partial charge in [0.05, 0.1) is 0 Å². The summed E-state index contributed by atoms with van der Waals surface area (Å²) in [5.74, 6) is 1.40. The van der Waals surface area contributed by atoms with E-state index < -0.39 is 0 Å². The van der Waals surface area contributed by atoms with Crippen LogP contribution in [0.1, 0.15) is 51.3 Å². The average molecular weight is 266 g/mol. The van der Waals surface area contributed by atoms with Gasteiger partial charge in [-0.1, -0.05) is 13.8 Å². The number of aromatic nitrogens is 2. The molecule has 2 aliphatic rings. The maximum atomic E-state index is 4.57. The van der Waals surface area contributed by atoms with Crippen LogP contribution < -0.4 is 5.32 Å². The van der Waals surface area contributed by atoms with Gasteiger partial charge < -0.3 is 10.2 Å². The van der Waals surface area contributed by atoms with Crippen molar-refractivity contribution in [3.8, 4) is 0 Å². The fourth-order valence-electron chi connectivity index (χ4n) is 3.06. The maximum absolute atomic E-state index is 4.57. The van der Waals surface area contributed by atoms with Crippen molar-refractivity contribution in [2.45, 2.75) is 57.5 Å². The summed E-state index contributed by atoms with van der Waals surface area (Å²) in [7, 11) is 0. The van der Waals surface area contributed by atoms with E-state index in [4.69, 9.17) is 0 Å². The van der Waals surface area contributed by atoms with Crippen molar-refractivity contribution in [2.75, 3.05) is 18.4 Å². The second-order valence-corrected chi connectivity index (χ2v) is 6.56. The minimum atomic E-state index is 0.425. The number of piperidine rings is 1. The molecule has 0 radical (unpaired) electrons. The Morgan fingerprint density at radius 3 is 3.00 bits per heavy atom. The highest BCUT2D eigenvalue weighted by atomic mass is 32.1.